The molecular formula is C10H20N4. The van der Waals surface area contributed by atoms with Gasteiger partial charge in [0.15, 0.2) is 0 Å². The minimum absolute atomic E-state index is 0.329. The highest BCUT2D eigenvalue weighted by molar-refractivity contribution is 4.99. The Hall–Kier alpha value is -0.900. The van der Waals surface area contributed by atoms with Crippen LogP contribution in [0.2, 0.25) is 0 Å². The maximum Gasteiger partial charge on any atom is 0.0993 e. The van der Waals surface area contributed by atoms with Crippen molar-refractivity contribution >= 4 is 0 Å². The fraction of sp³-hybridized carbons (Fsp3) is 0.800. The molecule has 1 heterocycles. The summed E-state index contributed by atoms with van der Waals surface area (Å²) in [6, 6.07) is 0.329. The highest BCUT2D eigenvalue weighted by Gasteiger charge is 2.14. The standard InChI is InChI=1S/C10H20N4/c1-4-5-8(2)6-9(11-3)10-7-12-14-13-10/h7-9,11H,4-6H2,1-3H3,(H,12,13,14). The molecule has 1 rings (SSSR count). The number of nitrogens with zero attached hydrogens (tertiary/aromatic N) is 2. The Morgan fingerprint density at radius 3 is 2.86 bits per heavy atom. The molecule has 0 bridgehead atoms. The quantitative estimate of drug-likeness (QED) is 0.730. The van der Waals surface area contributed by atoms with Crippen LogP contribution in [0.4, 0.5) is 0 Å². The van der Waals surface area contributed by atoms with Crippen LogP contribution in [0.3, 0.4) is 0 Å². The van der Waals surface area contributed by atoms with Crippen LogP contribution in [0, 0.1) is 5.92 Å². The topological polar surface area (TPSA) is 53.6 Å². The Morgan fingerprint density at radius 2 is 2.36 bits per heavy atom. The van der Waals surface area contributed by atoms with Crippen LogP contribution in [0.1, 0.15) is 44.8 Å². The van der Waals surface area contributed by atoms with Crippen LogP contribution < -0.4 is 5.32 Å². The van der Waals surface area contributed by atoms with Crippen LogP contribution in [-0.4, -0.2) is 22.5 Å². The number of nitrogens with one attached hydrogen (secondary N) is 2. The normalized spacial score (nSPS) is 15.4. The van der Waals surface area contributed by atoms with Gasteiger partial charge in [-0.1, -0.05) is 26.7 Å². The van der Waals surface area contributed by atoms with Crippen molar-refractivity contribution in [2.24, 2.45) is 5.92 Å². The van der Waals surface area contributed by atoms with Crippen molar-refractivity contribution < 1.29 is 0 Å². The third-order valence-corrected chi connectivity index (χ3v) is 2.56. The minimum atomic E-state index is 0.329. The first-order chi connectivity index (χ1) is 6.77. The Labute approximate surface area is 85.5 Å². The van der Waals surface area contributed by atoms with Crippen LogP contribution in [-0.2, 0) is 0 Å². The van der Waals surface area contributed by atoms with E-state index in [-0.39, 0.29) is 0 Å². The van der Waals surface area contributed by atoms with Gasteiger partial charge in [0.2, 0.25) is 0 Å². The average molecular weight is 196 g/mol. The molecule has 0 aliphatic carbocycles. The van der Waals surface area contributed by atoms with Crippen molar-refractivity contribution in [2.75, 3.05) is 7.05 Å². The number of hydrogen-bond donors (Lipinski definition) is 2. The van der Waals surface area contributed by atoms with E-state index in [9.17, 15) is 0 Å². The van der Waals surface area contributed by atoms with E-state index in [1.54, 1.807) is 6.20 Å². The van der Waals surface area contributed by atoms with Crippen LogP contribution >= 0.6 is 0 Å². The molecule has 0 aliphatic rings. The van der Waals surface area contributed by atoms with Crippen molar-refractivity contribution in [2.45, 2.75) is 39.2 Å². The summed E-state index contributed by atoms with van der Waals surface area (Å²) in [6.07, 6.45) is 5.43. The highest BCUT2D eigenvalue weighted by atomic mass is 15.3. The summed E-state index contributed by atoms with van der Waals surface area (Å²) in [7, 11) is 1.97. The third-order valence-electron chi connectivity index (χ3n) is 2.56. The summed E-state index contributed by atoms with van der Waals surface area (Å²) in [6.45, 7) is 4.51. The number of hydrogen-bond acceptors (Lipinski definition) is 3. The summed E-state index contributed by atoms with van der Waals surface area (Å²) in [5.41, 5.74) is 1.01. The molecular weight excluding hydrogens is 176 g/mol. The van der Waals surface area contributed by atoms with Gasteiger partial charge in [0, 0.05) is 0 Å². The molecule has 0 fully saturated rings. The number of H-pyrrole nitrogens is 1. The first kappa shape index (κ1) is 11.2. The van der Waals surface area contributed by atoms with Gasteiger partial charge in [-0.25, -0.2) is 0 Å². The summed E-state index contributed by atoms with van der Waals surface area (Å²) < 4.78 is 0. The molecule has 0 spiro atoms. The smallest absolute Gasteiger partial charge is 0.0993 e. The second kappa shape index (κ2) is 5.75. The molecule has 0 amide bonds. The van der Waals surface area contributed by atoms with Gasteiger partial charge >= 0.3 is 0 Å². The van der Waals surface area contributed by atoms with Crippen LogP contribution in [0.5, 0.6) is 0 Å². The first-order valence-corrected chi connectivity index (χ1v) is 5.30. The zero-order valence-corrected chi connectivity index (χ0v) is 9.25. The highest BCUT2D eigenvalue weighted by Crippen LogP contribution is 2.21. The van der Waals surface area contributed by atoms with Crippen molar-refractivity contribution in [1.82, 2.24) is 20.7 Å². The van der Waals surface area contributed by atoms with Gasteiger partial charge in [-0.2, -0.15) is 15.4 Å². The zero-order valence-electron chi connectivity index (χ0n) is 9.25. The lowest BCUT2D eigenvalue weighted by molar-refractivity contribution is 0.401. The zero-order chi connectivity index (χ0) is 10.4. The Kier molecular flexibility index (Phi) is 4.59. The van der Waals surface area contributed by atoms with Gasteiger partial charge in [0.25, 0.3) is 0 Å². The van der Waals surface area contributed by atoms with Gasteiger partial charge in [0.05, 0.1) is 17.9 Å². The van der Waals surface area contributed by atoms with Gasteiger partial charge in [-0.05, 0) is 19.4 Å². The van der Waals surface area contributed by atoms with E-state index < -0.39 is 0 Å². The minimum Gasteiger partial charge on any atom is -0.312 e. The molecule has 0 aromatic carbocycles. The third kappa shape index (κ3) is 3.10. The summed E-state index contributed by atoms with van der Waals surface area (Å²) in [4.78, 5) is 0. The molecule has 2 unspecified atom stereocenters. The molecule has 80 valence electrons. The lowest BCUT2D eigenvalue weighted by Crippen LogP contribution is -2.19. The molecule has 2 atom stereocenters. The SMILES string of the molecule is CCCC(C)CC(NC)c1cn[nH]n1. The number of aromatic amines is 1. The van der Waals surface area contributed by atoms with E-state index in [2.05, 4.69) is 34.6 Å². The van der Waals surface area contributed by atoms with E-state index in [1.807, 2.05) is 7.05 Å². The molecule has 1 aromatic rings. The summed E-state index contributed by atoms with van der Waals surface area (Å²) >= 11 is 0. The lowest BCUT2D eigenvalue weighted by atomic mass is 9.96. The van der Waals surface area contributed by atoms with E-state index >= 15 is 0 Å². The van der Waals surface area contributed by atoms with Crippen LogP contribution in [0.15, 0.2) is 6.20 Å². The van der Waals surface area contributed by atoms with Crippen molar-refractivity contribution in [3.05, 3.63) is 11.9 Å². The lowest BCUT2D eigenvalue weighted by Gasteiger charge is -2.17. The van der Waals surface area contributed by atoms with E-state index in [0.29, 0.717) is 6.04 Å². The van der Waals surface area contributed by atoms with Gasteiger partial charge in [-0.3, -0.25) is 0 Å². The second-order valence-corrected chi connectivity index (χ2v) is 3.87. The van der Waals surface area contributed by atoms with Gasteiger partial charge < -0.3 is 5.32 Å². The molecule has 0 saturated heterocycles. The summed E-state index contributed by atoms with van der Waals surface area (Å²) in [5, 5.41) is 13.9. The Balaban J connectivity index is 2.47. The maximum atomic E-state index is 4.10. The van der Waals surface area contributed by atoms with Gasteiger partial charge in [0.1, 0.15) is 0 Å². The van der Waals surface area contributed by atoms with Crippen molar-refractivity contribution in [1.29, 1.82) is 0 Å². The van der Waals surface area contributed by atoms with Crippen LogP contribution in [0.25, 0.3) is 0 Å². The molecule has 0 saturated carbocycles. The largest absolute Gasteiger partial charge is 0.312 e. The van der Waals surface area contributed by atoms with Crippen molar-refractivity contribution in [3.8, 4) is 0 Å². The average Bonchev–Trinajstić information content (AvgIpc) is 2.67. The summed E-state index contributed by atoms with van der Waals surface area (Å²) in [5.74, 6) is 0.731. The van der Waals surface area contributed by atoms with Gasteiger partial charge in [-0.15, -0.1) is 0 Å². The van der Waals surface area contributed by atoms with E-state index in [4.69, 9.17) is 0 Å². The number of rotatable bonds is 6. The number of aromatic nitrogens is 3. The van der Waals surface area contributed by atoms with Crippen molar-refractivity contribution in [3.63, 3.8) is 0 Å². The first-order valence-electron chi connectivity index (χ1n) is 5.30. The van der Waals surface area contributed by atoms with E-state index in [1.165, 1.54) is 12.8 Å². The predicted molar refractivity (Wildman–Crippen MR) is 56.9 cm³/mol. The molecule has 2 N–H and O–H groups in total. The molecule has 14 heavy (non-hydrogen) atoms. The fourth-order valence-electron chi connectivity index (χ4n) is 1.78. The maximum absolute atomic E-state index is 4.10. The molecule has 0 radical (unpaired) electrons. The van der Waals surface area contributed by atoms with E-state index in [0.717, 1.165) is 18.0 Å². The predicted octanol–water partition coefficient (Wildman–Crippen LogP) is 1.89. The molecule has 1 aromatic heterocycles. The molecule has 4 heteroatoms. The fourth-order valence-corrected chi connectivity index (χ4v) is 1.78. The molecule has 0 aliphatic heterocycles. The second-order valence-electron chi connectivity index (χ2n) is 3.87. The molecule has 4 nitrogen and oxygen atoms in total. The Bertz CT molecular complexity index is 232. The Morgan fingerprint density at radius 1 is 1.57 bits per heavy atom. The monoisotopic (exact) mass is 196 g/mol.